The summed E-state index contributed by atoms with van der Waals surface area (Å²) in [5, 5.41) is 0. The zero-order valence-electron chi connectivity index (χ0n) is 11.7. The van der Waals surface area contributed by atoms with Crippen molar-refractivity contribution >= 4 is 15.9 Å². The van der Waals surface area contributed by atoms with E-state index < -0.39 is 0 Å². The summed E-state index contributed by atoms with van der Waals surface area (Å²) in [6, 6.07) is 6.43. The fraction of sp³-hybridized carbons (Fsp3) is 0.600. The summed E-state index contributed by atoms with van der Waals surface area (Å²) in [4.78, 5) is 4.95. The molecule has 1 saturated heterocycles. The molecule has 1 fully saturated rings. The van der Waals surface area contributed by atoms with E-state index in [4.69, 9.17) is 5.73 Å². The largest absolute Gasteiger partial charge is 0.326 e. The highest BCUT2D eigenvalue weighted by Gasteiger charge is 2.12. The number of benzene rings is 1. The van der Waals surface area contributed by atoms with E-state index in [0.717, 1.165) is 13.1 Å². The first-order chi connectivity index (χ1) is 9.19. The van der Waals surface area contributed by atoms with Crippen LogP contribution in [0.1, 0.15) is 24.0 Å². The topological polar surface area (TPSA) is 32.5 Å². The molecule has 2 N–H and O–H groups in total. The van der Waals surface area contributed by atoms with E-state index in [0.29, 0.717) is 6.54 Å². The molecule has 0 aliphatic carbocycles. The van der Waals surface area contributed by atoms with Gasteiger partial charge in [0.05, 0.1) is 0 Å². The molecule has 1 aromatic carbocycles. The molecule has 0 unspecified atom stereocenters. The molecule has 1 heterocycles. The van der Waals surface area contributed by atoms with Gasteiger partial charge in [0, 0.05) is 30.7 Å². The minimum Gasteiger partial charge on any atom is -0.326 e. The maximum atomic E-state index is 5.65. The Kier molecular flexibility index (Phi) is 5.82. The van der Waals surface area contributed by atoms with Gasteiger partial charge in [-0.1, -0.05) is 28.1 Å². The normalized spacial score (nSPS) is 16.4. The summed E-state index contributed by atoms with van der Waals surface area (Å²) in [7, 11) is 2.19. The molecule has 0 amide bonds. The van der Waals surface area contributed by atoms with Crippen LogP contribution in [-0.4, -0.2) is 43.0 Å². The highest BCUT2D eigenvalue weighted by molar-refractivity contribution is 9.10. The van der Waals surface area contributed by atoms with Gasteiger partial charge in [0.2, 0.25) is 0 Å². The second kappa shape index (κ2) is 7.39. The zero-order valence-corrected chi connectivity index (χ0v) is 13.3. The molecule has 19 heavy (non-hydrogen) atoms. The highest BCUT2D eigenvalue weighted by Crippen LogP contribution is 2.20. The van der Waals surface area contributed by atoms with Gasteiger partial charge >= 0.3 is 0 Å². The van der Waals surface area contributed by atoms with Gasteiger partial charge in [-0.25, -0.2) is 0 Å². The Hall–Kier alpha value is -0.420. The van der Waals surface area contributed by atoms with Gasteiger partial charge < -0.3 is 15.5 Å². The highest BCUT2D eigenvalue weighted by atomic mass is 79.9. The molecule has 1 aromatic rings. The van der Waals surface area contributed by atoms with E-state index in [1.165, 1.54) is 48.1 Å². The Labute approximate surface area is 124 Å². The number of likely N-dealkylation sites (N-methyl/N-ethyl adjacent to an activating group) is 1. The third kappa shape index (κ3) is 4.56. The van der Waals surface area contributed by atoms with Crippen molar-refractivity contribution in [2.75, 3.05) is 33.2 Å². The third-order valence-corrected chi connectivity index (χ3v) is 4.53. The molecule has 0 radical (unpaired) electrons. The molecular formula is C15H24BrN3. The molecule has 0 atom stereocenters. The lowest BCUT2D eigenvalue weighted by molar-refractivity contribution is 0.252. The number of nitrogens with zero attached hydrogens (tertiary/aromatic N) is 2. The standard InChI is InChI=1S/C15H24BrN3/c1-18(8-9-19-6-2-3-7-19)12-14-5-4-13(11-17)10-15(14)16/h4-5,10H,2-3,6-9,11-12,17H2,1H3. The minimum absolute atomic E-state index is 0.601. The molecule has 0 aromatic heterocycles. The lowest BCUT2D eigenvalue weighted by Crippen LogP contribution is -2.31. The molecule has 1 aliphatic rings. The van der Waals surface area contributed by atoms with Crippen LogP contribution < -0.4 is 5.73 Å². The van der Waals surface area contributed by atoms with E-state index in [-0.39, 0.29) is 0 Å². The first kappa shape index (κ1) is 15.0. The number of rotatable bonds is 6. The van der Waals surface area contributed by atoms with E-state index in [9.17, 15) is 0 Å². The quantitative estimate of drug-likeness (QED) is 0.871. The number of nitrogens with two attached hydrogens (primary N) is 1. The summed E-state index contributed by atoms with van der Waals surface area (Å²) < 4.78 is 1.17. The second-order valence-electron chi connectivity index (χ2n) is 5.42. The molecule has 0 saturated carbocycles. The van der Waals surface area contributed by atoms with Gasteiger partial charge in [-0.05, 0) is 50.2 Å². The Bertz CT molecular complexity index is 402. The number of halogens is 1. The van der Waals surface area contributed by atoms with E-state index in [2.05, 4.69) is 51.0 Å². The van der Waals surface area contributed by atoms with E-state index >= 15 is 0 Å². The van der Waals surface area contributed by atoms with Gasteiger partial charge in [0.1, 0.15) is 0 Å². The lowest BCUT2D eigenvalue weighted by atomic mass is 10.1. The maximum absolute atomic E-state index is 5.65. The Morgan fingerprint density at radius 1 is 1.32 bits per heavy atom. The minimum atomic E-state index is 0.601. The molecule has 1 aliphatic heterocycles. The first-order valence-corrected chi connectivity index (χ1v) is 7.86. The Morgan fingerprint density at radius 3 is 2.68 bits per heavy atom. The van der Waals surface area contributed by atoms with Crippen LogP contribution in [0.25, 0.3) is 0 Å². The average Bonchev–Trinajstić information content (AvgIpc) is 2.92. The fourth-order valence-corrected chi connectivity index (χ4v) is 3.09. The van der Waals surface area contributed by atoms with Gasteiger partial charge in [-0.15, -0.1) is 0 Å². The van der Waals surface area contributed by atoms with Gasteiger partial charge in [0.15, 0.2) is 0 Å². The van der Waals surface area contributed by atoms with Crippen molar-refractivity contribution in [2.45, 2.75) is 25.9 Å². The Balaban J connectivity index is 1.82. The van der Waals surface area contributed by atoms with Gasteiger partial charge in [0.25, 0.3) is 0 Å². The van der Waals surface area contributed by atoms with E-state index in [1.54, 1.807) is 0 Å². The fourth-order valence-electron chi connectivity index (χ4n) is 2.53. The summed E-state index contributed by atoms with van der Waals surface area (Å²) in [5.74, 6) is 0. The van der Waals surface area contributed by atoms with Crippen molar-refractivity contribution in [2.24, 2.45) is 5.73 Å². The van der Waals surface area contributed by atoms with Crippen molar-refractivity contribution in [3.63, 3.8) is 0 Å². The summed E-state index contributed by atoms with van der Waals surface area (Å²) in [6.07, 6.45) is 2.74. The lowest BCUT2D eigenvalue weighted by Gasteiger charge is -2.22. The van der Waals surface area contributed by atoms with Crippen LogP contribution in [0.3, 0.4) is 0 Å². The molecule has 3 nitrogen and oxygen atoms in total. The molecule has 0 bridgehead atoms. The molecule has 4 heteroatoms. The molecule has 2 rings (SSSR count). The monoisotopic (exact) mass is 325 g/mol. The smallest absolute Gasteiger partial charge is 0.0242 e. The van der Waals surface area contributed by atoms with Crippen molar-refractivity contribution in [1.29, 1.82) is 0 Å². The number of likely N-dealkylation sites (tertiary alicyclic amines) is 1. The van der Waals surface area contributed by atoms with Gasteiger partial charge in [-0.3, -0.25) is 0 Å². The van der Waals surface area contributed by atoms with Crippen molar-refractivity contribution in [3.8, 4) is 0 Å². The van der Waals surface area contributed by atoms with Crippen LogP contribution >= 0.6 is 15.9 Å². The van der Waals surface area contributed by atoms with E-state index in [1.807, 2.05) is 0 Å². The second-order valence-corrected chi connectivity index (χ2v) is 6.27. The third-order valence-electron chi connectivity index (χ3n) is 3.79. The number of hydrogen-bond donors (Lipinski definition) is 1. The Morgan fingerprint density at radius 2 is 2.05 bits per heavy atom. The SMILES string of the molecule is CN(CCN1CCCC1)Cc1ccc(CN)cc1Br. The van der Waals surface area contributed by atoms with Crippen LogP contribution in [-0.2, 0) is 13.1 Å². The van der Waals surface area contributed by atoms with Crippen LogP contribution in [0.5, 0.6) is 0 Å². The predicted molar refractivity (Wildman–Crippen MR) is 84.0 cm³/mol. The van der Waals surface area contributed by atoms with Crippen LogP contribution in [0.15, 0.2) is 22.7 Å². The average molecular weight is 326 g/mol. The first-order valence-electron chi connectivity index (χ1n) is 7.07. The zero-order chi connectivity index (χ0) is 13.7. The van der Waals surface area contributed by atoms with Crippen LogP contribution in [0.2, 0.25) is 0 Å². The molecule has 0 spiro atoms. The summed E-state index contributed by atoms with van der Waals surface area (Å²) >= 11 is 3.64. The van der Waals surface area contributed by atoms with Crippen molar-refractivity contribution < 1.29 is 0 Å². The summed E-state index contributed by atoms with van der Waals surface area (Å²) in [5.41, 5.74) is 8.16. The van der Waals surface area contributed by atoms with Gasteiger partial charge in [-0.2, -0.15) is 0 Å². The van der Waals surface area contributed by atoms with Crippen molar-refractivity contribution in [1.82, 2.24) is 9.80 Å². The van der Waals surface area contributed by atoms with Crippen LogP contribution in [0.4, 0.5) is 0 Å². The van der Waals surface area contributed by atoms with Crippen molar-refractivity contribution in [3.05, 3.63) is 33.8 Å². The number of hydrogen-bond acceptors (Lipinski definition) is 3. The summed E-state index contributed by atoms with van der Waals surface area (Å²) in [6.45, 7) is 6.47. The predicted octanol–water partition coefficient (Wildman–Crippen LogP) is 2.44. The van der Waals surface area contributed by atoms with Crippen LogP contribution in [0, 0.1) is 0 Å². The maximum Gasteiger partial charge on any atom is 0.0242 e. The molecule has 106 valence electrons. The molecular weight excluding hydrogens is 302 g/mol.